The molecule has 3 nitrogen and oxygen atoms in total. The third-order valence-corrected chi connectivity index (χ3v) is 0.357. The van der Waals surface area contributed by atoms with Gasteiger partial charge in [-0.3, -0.25) is 0 Å². The van der Waals surface area contributed by atoms with Crippen LogP contribution in [0.3, 0.4) is 0 Å². The van der Waals surface area contributed by atoms with E-state index in [1.54, 1.807) is 0 Å². The SMILES string of the molecule is CC(O)C(=O)O.Cl.[H-].[H-].[Na+].[Na+]. The maximum atomic E-state index is 9.45. The predicted octanol–water partition coefficient (Wildman–Crippen LogP) is -5.89. The summed E-state index contributed by atoms with van der Waals surface area (Å²) in [5.41, 5.74) is 0. The van der Waals surface area contributed by atoms with Gasteiger partial charge in [-0.15, -0.1) is 12.4 Å². The van der Waals surface area contributed by atoms with Crippen LogP contribution in [0.1, 0.15) is 9.78 Å². The van der Waals surface area contributed by atoms with Gasteiger partial charge in [0.25, 0.3) is 0 Å². The molecular formula is C3H9ClNa2O3. The van der Waals surface area contributed by atoms with E-state index in [-0.39, 0.29) is 74.4 Å². The summed E-state index contributed by atoms with van der Waals surface area (Å²) < 4.78 is 0. The maximum Gasteiger partial charge on any atom is 1.00 e. The Morgan fingerprint density at radius 2 is 1.67 bits per heavy atom. The normalized spacial score (nSPS) is 9.11. The van der Waals surface area contributed by atoms with E-state index in [4.69, 9.17) is 10.2 Å². The topological polar surface area (TPSA) is 57.5 Å². The molecule has 0 radical (unpaired) electrons. The zero-order valence-electron chi connectivity index (χ0n) is 7.79. The van der Waals surface area contributed by atoms with Crippen LogP contribution in [0.15, 0.2) is 0 Å². The van der Waals surface area contributed by atoms with E-state index in [0.717, 1.165) is 0 Å². The number of carboxylic acid groups (broad SMARTS) is 1. The van der Waals surface area contributed by atoms with Gasteiger partial charge in [-0.25, -0.2) is 4.79 Å². The molecule has 0 rings (SSSR count). The van der Waals surface area contributed by atoms with Gasteiger partial charge in [0.1, 0.15) is 6.10 Å². The van der Waals surface area contributed by atoms with Crippen LogP contribution in [0.4, 0.5) is 0 Å². The van der Waals surface area contributed by atoms with Gasteiger partial charge < -0.3 is 13.1 Å². The molecule has 0 fully saturated rings. The molecule has 48 valence electrons. The number of aliphatic hydroxyl groups excluding tert-OH is 1. The average molecular weight is 175 g/mol. The number of hydrogen-bond acceptors (Lipinski definition) is 2. The van der Waals surface area contributed by atoms with Crippen LogP contribution >= 0.6 is 12.4 Å². The molecule has 1 atom stereocenters. The Kier molecular flexibility index (Phi) is 30.9. The van der Waals surface area contributed by atoms with Gasteiger partial charge in [0.15, 0.2) is 0 Å². The van der Waals surface area contributed by atoms with Crippen LogP contribution in [-0.4, -0.2) is 22.3 Å². The zero-order valence-corrected chi connectivity index (χ0v) is 10.6. The molecule has 0 aliphatic heterocycles. The smallest absolute Gasteiger partial charge is 1.00 e. The predicted molar refractivity (Wildman–Crippen MR) is 28.8 cm³/mol. The third-order valence-electron chi connectivity index (χ3n) is 0.357. The van der Waals surface area contributed by atoms with Crippen molar-refractivity contribution in [2.45, 2.75) is 13.0 Å². The molecular weight excluding hydrogens is 165 g/mol. The minimum absolute atomic E-state index is 0. The fraction of sp³-hybridized carbons (Fsp3) is 0.667. The molecule has 0 aliphatic carbocycles. The number of carboxylic acids is 1. The number of hydrogen-bond donors (Lipinski definition) is 2. The molecule has 0 saturated heterocycles. The van der Waals surface area contributed by atoms with E-state index < -0.39 is 12.1 Å². The zero-order chi connectivity index (χ0) is 5.15. The van der Waals surface area contributed by atoms with E-state index in [0.29, 0.717) is 0 Å². The Morgan fingerprint density at radius 3 is 1.67 bits per heavy atom. The third kappa shape index (κ3) is 17.7. The second-order valence-corrected chi connectivity index (χ2v) is 1.01. The minimum Gasteiger partial charge on any atom is -1.00 e. The van der Waals surface area contributed by atoms with E-state index in [9.17, 15) is 4.79 Å². The summed E-state index contributed by atoms with van der Waals surface area (Å²) in [5, 5.41) is 15.8. The summed E-state index contributed by atoms with van der Waals surface area (Å²) in [5.74, 6) is -1.19. The van der Waals surface area contributed by atoms with Crippen molar-refractivity contribution in [2.24, 2.45) is 0 Å². The van der Waals surface area contributed by atoms with Gasteiger partial charge in [0.2, 0.25) is 0 Å². The standard InChI is InChI=1S/C3H6O3.ClH.2Na.2H/c1-2(4)3(5)6;;;;;/h2,4H,1H3,(H,5,6);1H;;;;/q;;2*+1;2*-1. The van der Waals surface area contributed by atoms with Crippen molar-refractivity contribution in [2.75, 3.05) is 0 Å². The molecule has 0 amide bonds. The van der Waals surface area contributed by atoms with Crippen molar-refractivity contribution in [1.82, 2.24) is 0 Å². The Labute approximate surface area is 107 Å². The minimum atomic E-state index is -1.23. The summed E-state index contributed by atoms with van der Waals surface area (Å²) in [6, 6.07) is 0. The van der Waals surface area contributed by atoms with E-state index in [1.165, 1.54) is 6.92 Å². The first-order valence-electron chi connectivity index (χ1n) is 1.55. The molecule has 0 bridgehead atoms. The van der Waals surface area contributed by atoms with Gasteiger partial charge in [-0.2, -0.15) is 0 Å². The van der Waals surface area contributed by atoms with Crippen molar-refractivity contribution < 1.29 is 77.0 Å². The van der Waals surface area contributed by atoms with Gasteiger partial charge in [-0.1, -0.05) is 0 Å². The second-order valence-electron chi connectivity index (χ2n) is 1.01. The Morgan fingerprint density at radius 1 is 1.56 bits per heavy atom. The summed E-state index contributed by atoms with van der Waals surface area (Å²) in [7, 11) is 0. The molecule has 2 N–H and O–H groups in total. The molecule has 0 saturated carbocycles. The average Bonchev–Trinajstić information content (AvgIpc) is 1.36. The number of rotatable bonds is 1. The van der Waals surface area contributed by atoms with Gasteiger partial charge in [0, 0.05) is 0 Å². The first-order valence-corrected chi connectivity index (χ1v) is 1.55. The number of aliphatic carboxylic acids is 1. The number of halogens is 1. The fourth-order valence-corrected chi connectivity index (χ4v) is 0. The van der Waals surface area contributed by atoms with Crippen LogP contribution in [-0.2, 0) is 4.79 Å². The van der Waals surface area contributed by atoms with Crippen molar-refractivity contribution in [1.29, 1.82) is 0 Å². The molecule has 0 aliphatic rings. The summed E-state index contributed by atoms with van der Waals surface area (Å²) in [6.45, 7) is 1.20. The molecule has 0 aromatic carbocycles. The van der Waals surface area contributed by atoms with Gasteiger partial charge in [-0.05, 0) is 6.92 Å². The first-order chi connectivity index (χ1) is 2.64. The van der Waals surface area contributed by atoms with Crippen LogP contribution in [0.25, 0.3) is 0 Å². The van der Waals surface area contributed by atoms with Crippen molar-refractivity contribution >= 4 is 18.4 Å². The van der Waals surface area contributed by atoms with Crippen molar-refractivity contribution in [3.05, 3.63) is 0 Å². The van der Waals surface area contributed by atoms with E-state index in [1.807, 2.05) is 0 Å². The monoisotopic (exact) mass is 174 g/mol. The Hall–Kier alpha value is 1.72. The number of aliphatic hydroxyl groups is 1. The summed E-state index contributed by atoms with van der Waals surface area (Å²) >= 11 is 0. The Balaban J connectivity index is -0.0000000125. The summed E-state index contributed by atoms with van der Waals surface area (Å²) in [6.07, 6.45) is -1.23. The molecule has 0 aromatic rings. The first kappa shape index (κ1) is 22.4. The Bertz CT molecular complexity index is 75.6. The van der Waals surface area contributed by atoms with Crippen molar-refractivity contribution in [3.8, 4) is 0 Å². The molecule has 9 heavy (non-hydrogen) atoms. The van der Waals surface area contributed by atoms with Crippen LogP contribution in [0, 0.1) is 0 Å². The van der Waals surface area contributed by atoms with E-state index in [2.05, 4.69) is 0 Å². The van der Waals surface area contributed by atoms with Crippen LogP contribution < -0.4 is 59.1 Å². The quantitative estimate of drug-likeness (QED) is 0.390. The van der Waals surface area contributed by atoms with E-state index >= 15 is 0 Å². The van der Waals surface area contributed by atoms with Gasteiger partial charge >= 0.3 is 65.1 Å². The van der Waals surface area contributed by atoms with Crippen LogP contribution in [0.5, 0.6) is 0 Å². The fourth-order valence-electron chi connectivity index (χ4n) is 0. The maximum absolute atomic E-state index is 9.45. The molecule has 0 spiro atoms. The molecule has 0 heterocycles. The summed E-state index contributed by atoms with van der Waals surface area (Å²) in [4.78, 5) is 9.45. The largest absolute Gasteiger partial charge is 1.00 e. The van der Waals surface area contributed by atoms with Crippen molar-refractivity contribution in [3.63, 3.8) is 0 Å². The second kappa shape index (κ2) is 12.4. The van der Waals surface area contributed by atoms with Crippen LogP contribution in [0.2, 0.25) is 0 Å². The van der Waals surface area contributed by atoms with Gasteiger partial charge in [0.05, 0.1) is 0 Å². The molecule has 6 heteroatoms. The number of carbonyl (C=O) groups is 1. The molecule has 1 unspecified atom stereocenters. The molecule has 0 aromatic heterocycles.